The van der Waals surface area contributed by atoms with Gasteiger partial charge in [-0.2, -0.15) is 0 Å². The minimum Gasteiger partial charge on any atom is -0.496 e. The molecule has 0 radical (unpaired) electrons. The predicted octanol–water partition coefficient (Wildman–Crippen LogP) is 2.37. The highest BCUT2D eigenvalue weighted by molar-refractivity contribution is 5.82. The molecule has 0 aliphatic heterocycles. The molecule has 2 N–H and O–H groups in total. The zero-order chi connectivity index (χ0) is 11.1. The number of rotatable bonds is 2. The second kappa shape index (κ2) is 3.38. The van der Waals surface area contributed by atoms with Crippen LogP contribution in [0.5, 0.6) is 5.75 Å². The van der Waals surface area contributed by atoms with Crippen molar-refractivity contribution in [2.45, 2.75) is 25.8 Å². The molecular formula is C13H17NO. The van der Waals surface area contributed by atoms with Crippen LogP contribution in [0.15, 0.2) is 24.3 Å². The first-order chi connectivity index (χ1) is 7.04. The van der Waals surface area contributed by atoms with Crippen LogP contribution < -0.4 is 10.5 Å². The summed E-state index contributed by atoms with van der Waals surface area (Å²) in [5, 5.41) is 0. The van der Waals surface area contributed by atoms with E-state index in [4.69, 9.17) is 10.5 Å². The van der Waals surface area contributed by atoms with Crippen molar-refractivity contribution < 1.29 is 4.74 Å². The third-order valence-corrected chi connectivity index (χ3v) is 2.82. The predicted molar refractivity (Wildman–Crippen MR) is 62.9 cm³/mol. The van der Waals surface area contributed by atoms with Gasteiger partial charge < -0.3 is 10.5 Å². The quantitative estimate of drug-likeness (QED) is 0.801. The molecule has 1 aliphatic carbocycles. The van der Waals surface area contributed by atoms with Gasteiger partial charge in [-0.1, -0.05) is 18.2 Å². The SMILES string of the molecule is COc1cccc2c1C(C(C)(C)N)=CC2. The topological polar surface area (TPSA) is 35.2 Å². The fourth-order valence-corrected chi connectivity index (χ4v) is 2.12. The molecule has 1 aromatic carbocycles. The van der Waals surface area contributed by atoms with Gasteiger partial charge in [-0.3, -0.25) is 0 Å². The molecule has 0 bridgehead atoms. The lowest BCUT2D eigenvalue weighted by Gasteiger charge is -2.23. The number of methoxy groups -OCH3 is 1. The molecule has 15 heavy (non-hydrogen) atoms. The average Bonchev–Trinajstić information content (AvgIpc) is 2.59. The third-order valence-electron chi connectivity index (χ3n) is 2.82. The lowest BCUT2D eigenvalue weighted by molar-refractivity contribution is 0.412. The molecule has 0 unspecified atom stereocenters. The summed E-state index contributed by atoms with van der Waals surface area (Å²) >= 11 is 0. The minimum absolute atomic E-state index is 0.306. The second-order valence-corrected chi connectivity index (χ2v) is 4.54. The summed E-state index contributed by atoms with van der Waals surface area (Å²) in [6.45, 7) is 4.06. The van der Waals surface area contributed by atoms with Crippen molar-refractivity contribution in [2.75, 3.05) is 7.11 Å². The summed E-state index contributed by atoms with van der Waals surface area (Å²) in [4.78, 5) is 0. The molecule has 0 spiro atoms. The fraction of sp³-hybridized carbons (Fsp3) is 0.385. The first-order valence-electron chi connectivity index (χ1n) is 5.20. The smallest absolute Gasteiger partial charge is 0.126 e. The molecule has 2 heteroatoms. The van der Waals surface area contributed by atoms with Crippen LogP contribution in [0.25, 0.3) is 5.57 Å². The van der Waals surface area contributed by atoms with Crippen molar-refractivity contribution in [1.82, 2.24) is 0 Å². The van der Waals surface area contributed by atoms with Crippen molar-refractivity contribution in [1.29, 1.82) is 0 Å². The molecule has 0 atom stereocenters. The lowest BCUT2D eigenvalue weighted by atomic mass is 9.90. The number of allylic oxidation sites excluding steroid dienone is 1. The number of hydrogen-bond acceptors (Lipinski definition) is 2. The van der Waals surface area contributed by atoms with Crippen LogP contribution in [0.3, 0.4) is 0 Å². The third kappa shape index (κ3) is 1.65. The van der Waals surface area contributed by atoms with Crippen LogP contribution in [0.1, 0.15) is 25.0 Å². The van der Waals surface area contributed by atoms with E-state index < -0.39 is 0 Å². The molecule has 0 saturated heterocycles. The Balaban J connectivity index is 2.55. The van der Waals surface area contributed by atoms with Gasteiger partial charge in [-0.15, -0.1) is 0 Å². The van der Waals surface area contributed by atoms with E-state index in [9.17, 15) is 0 Å². The van der Waals surface area contributed by atoms with Crippen molar-refractivity contribution in [3.8, 4) is 5.75 Å². The zero-order valence-electron chi connectivity index (χ0n) is 9.50. The highest BCUT2D eigenvalue weighted by atomic mass is 16.5. The van der Waals surface area contributed by atoms with Gasteiger partial charge in [-0.05, 0) is 37.5 Å². The summed E-state index contributed by atoms with van der Waals surface area (Å²) in [7, 11) is 1.70. The average molecular weight is 203 g/mol. The number of fused-ring (bicyclic) bond motifs is 1. The largest absolute Gasteiger partial charge is 0.496 e. The summed E-state index contributed by atoms with van der Waals surface area (Å²) in [6, 6.07) is 6.15. The van der Waals surface area contributed by atoms with Gasteiger partial charge in [-0.25, -0.2) is 0 Å². The molecule has 2 rings (SSSR count). The lowest BCUT2D eigenvalue weighted by Crippen LogP contribution is -2.33. The van der Waals surface area contributed by atoms with Crippen molar-refractivity contribution >= 4 is 5.57 Å². The second-order valence-electron chi connectivity index (χ2n) is 4.54. The maximum Gasteiger partial charge on any atom is 0.126 e. The van der Waals surface area contributed by atoms with E-state index >= 15 is 0 Å². The highest BCUT2D eigenvalue weighted by Gasteiger charge is 2.27. The fourth-order valence-electron chi connectivity index (χ4n) is 2.12. The van der Waals surface area contributed by atoms with Gasteiger partial charge in [0.25, 0.3) is 0 Å². The molecule has 0 saturated carbocycles. The monoisotopic (exact) mass is 203 g/mol. The van der Waals surface area contributed by atoms with E-state index in [2.05, 4.69) is 12.1 Å². The van der Waals surface area contributed by atoms with E-state index in [-0.39, 0.29) is 5.54 Å². The van der Waals surface area contributed by atoms with E-state index in [1.54, 1.807) is 7.11 Å². The standard InChI is InChI=1S/C13H17NO/c1-13(2,14)10-8-7-9-5-4-6-11(15-3)12(9)10/h4-6,8H,7,14H2,1-3H3. The Hall–Kier alpha value is -1.28. The van der Waals surface area contributed by atoms with Gasteiger partial charge in [0.1, 0.15) is 5.75 Å². The molecule has 2 nitrogen and oxygen atoms in total. The maximum absolute atomic E-state index is 6.16. The Morgan fingerprint density at radius 1 is 1.33 bits per heavy atom. The van der Waals surface area contributed by atoms with Crippen molar-refractivity contribution in [2.24, 2.45) is 5.73 Å². The van der Waals surface area contributed by atoms with Crippen LogP contribution >= 0.6 is 0 Å². The molecule has 80 valence electrons. The number of ether oxygens (including phenoxy) is 1. The first kappa shape index (κ1) is 10.2. The van der Waals surface area contributed by atoms with Crippen LogP contribution in [0.4, 0.5) is 0 Å². The van der Waals surface area contributed by atoms with Gasteiger partial charge in [0.15, 0.2) is 0 Å². The Kier molecular flexibility index (Phi) is 2.31. The number of nitrogens with two attached hydrogens (primary N) is 1. The molecule has 1 aliphatic rings. The minimum atomic E-state index is -0.306. The van der Waals surface area contributed by atoms with E-state index in [0.29, 0.717) is 0 Å². The van der Waals surface area contributed by atoms with Gasteiger partial charge in [0, 0.05) is 11.1 Å². The summed E-state index contributed by atoms with van der Waals surface area (Å²) in [5.74, 6) is 0.926. The van der Waals surface area contributed by atoms with Gasteiger partial charge in [0.2, 0.25) is 0 Å². The Labute approximate surface area is 90.7 Å². The summed E-state index contributed by atoms with van der Waals surface area (Å²) in [5.41, 5.74) is 9.54. The Morgan fingerprint density at radius 3 is 2.67 bits per heavy atom. The van der Waals surface area contributed by atoms with E-state index in [0.717, 1.165) is 12.2 Å². The molecule has 1 aromatic rings. The van der Waals surface area contributed by atoms with Gasteiger partial charge >= 0.3 is 0 Å². The molecule has 0 fully saturated rings. The molecule has 0 aromatic heterocycles. The van der Waals surface area contributed by atoms with Crippen LogP contribution in [0, 0.1) is 0 Å². The van der Waals surface area contributed by atoms with E-state index in [1.165, 1.54) is 16.7 Å². The van der Waals surface area contributed by atoms with Gasteiger partial charge in [0.05, 0.1) is 7.11 Å². The first-order valence-corrected chi connectivity index (χ1v) is 5.20. The molecular weight excluding hydrogens is 186 g/mol. The summed E-state index contributed by atoms with van der Waals surface area (Å²) < 4.78 is 5.39. The molecule has 0 amide bonds. The normalized spacial score (nSPS) is 14.8. The van der Waals surface area contributed by atoms with E-state index in [1.807, 2.05) is 26.0 Å². The van der Waals surface area contributed by atoms with Crippen molar-refractivity contribution in [3.05, 3.63) is 35.4 Å². The maximum atomic E-state index is 6.16. The van der Waals surface area contributed by atoms with Crippen LogP contribution in [-0.2, 0) is 6.42 Å². The van der Waals surface area contributed by atoms with Crippen LogP contribution in [-0.4, -0.2) is 12.6 Å². The van der Waals surface area contributed by atoms with Crippen LogP contribution in [0.2, 0.25) is 0 Å². The zero-order valence-corrected chi connectivity index (χ0v) is 9.50. The Bertz CT molecular complexity index is 413. The Morgan fingerprint density at radius 2 is 2.07 bits per heavy atom. The summed E-state index contributed by atoms with van der Waals surface area (Å²) in [6.07, 6.45) is 3.16. The van der Waals surface area contributed by atoms with Crippen molar-refractivity contribution in [3.63, 3.8) is 0 Å². The highest BCUT2D eigenvalue weighted by Crippen LogP contribution is 2.39. The number of benzene rings is 1. The molecule has 0 heterocycles. The number of hydrogen-bond donors (Lipinski definition) is 1.